The lowest BCUT2D eigenvalue weighted by atomic mass is 9.80. The number of benzene rings is 7. The van der Waals surface area contributed by atoms with Crippen LogP contribution in [0.2, 0.25) is 0 Å². The van der Waals surface area contributed by atoms with Gasteiger partial charge in [0.05, 0.1) is 34.7 Å². The van der Waals surface area contributed by atoms with Crippen LogP contribution in [0.25, 0.3) is 89.2 Å². The molecule has 0 saturated carbocycles. The molecular weight excluding hydrogens is 719 g/mol. The summed E-state index contributed by atoms with van der Waals surface area (Å²) in [6.07, 6.45) is 3.70. The van der Waals surface area contributed by atoms with Gasteiger partial charge in [-0.05, 0) is 122 Å². The summed E-state index contributed by atoms with van der Waals surface area (Å²) in [5, 5.41) is 21.4. The maximum Gasteiger partial charge on any atom is 0.160 e. The van der Waals surface area contributed by atoms with E-state index >= 15 is 0 Å². The minimum atomic E-state index is -0.332. The Morgan fingerprint density at radius 1 is 0.458 bits per heavy atom. The van der Waals surface area contributed by atoms with Crippen molar-refractivity contribution < 1.29 is 0 Å². The Balaban J connectivity index is 1.12. The van der Waals surface area contributed by atoms with Crippen molar-refractivity contribution in [3.63, 3.8) is 0 Å². The van der Waals surface area contributed by atoms with Gasteiger partial charge in [-0.2, -0.15) is 10.5 Å². The Hall–Kier alpha value is -7.99. The second-order valence-electron chi connectivity index (χ2n) is 15.6. The summed E-state index contributed by atoms with van der Waals surface area (Å²) in [5.74, 6) is 0.657. The lowest BCUT2D eigenvalue weighted by molar-refractivity contribution is 0.661. The van der Waals surface area contributed by atoms with E-state index in [2.05, 4.69) is 152 Å². The number of pyridine rings is 1. The van der Waals surface area contributed by atoms with Gasteiger partial charge in [-0.25, -0.2) is 9.97 Å². The van der Waals surface area contributed by atoms with Gasteiger partial charge in [0.2, 0.25) is 0 Å². The highest BCUT2D eigenvalue weighted by Crippen LogP contribution is 2.51. The molecule has 1 aliphatic rings. The third kappa shape index (κ3) is 6.32. The van der Waals surface area contributed by atoms with Crippen LogP contribution in [0, 0.1) is 22.7 Å². The first-order valence-corrected chi connectivity index (χ1v) is 19.6. The summed E-state index contributed by atoms with van der Waals surface area (Å²) in [7, 11) is 0. The molecule has 0 amide bonds. The van der Waals surface area contributed by atoms with Gasteiger partial charge >= 0.3 is 0 Å². The molecule has 5 nitrogen and oxygen atoms in total. The third-order valence-electron chi connectivity index (χ3n) is 11.6. The van der Waals surface area contributed by atoms with Crippen molar-refractivity contribution in [2.45, 2.75) is 19.3 Å². The highest BCUT2D eigenvalue weighted by molar-refractivity contribution is 5.97. The van der Waals surface area contributed by atoms with E-state index in [1.807, 2.05) is 42.6 Å². The molecule has 0 bridgehead atoms. The average molecular weight is 754 g/mol. The molecule has 0 fully saturated rings. The Kier molecular flexibility index (Phi) is 8.52. The smallest absolute Gasteiger partial charge is 0.160 e. The zero-order chi connectivity index (χ0) is 40.1. The van der Waals surface area contributed by atoms with Crippen LogP contribution in [0.1, 0.15) is 36.1 Å². The number of rotatable bonds is 6. The average Bonchev–Trinajstić information content (AvgIpc) is 3.52. The van der Waals surface area contributed by atoms with E-state index in [0.29, 0.717) is 17.0 Å². The van der Waals surface area contributed by atoms with E-state index in [0.717, 1.165) is 77.8 Å². The molecular formula is C54H35N5. The molecule has 5 heteroatoms. The number of hydrogen-bond donors (Lipinski definition) is 0. The lowest BCUT2D eigenvalue weighted by Gasteiger charge is -2.22. The number of aromatic nitrogens is 3. The van der Waals surface area contributed by atoms with Crippen molar-refractivity contribution in [1.29, 1.82) is 10.5 Å². The minimum Gasteiger partial charge on any atom is -0.264 e. The number of hydrogen-bond acceptors (Lipinski definition) is 5. The highest BCUT2D eigenvalue weighted by Gasteiger charge is 2.36. The van der Waals surface area contributed by atoms with Crippen LogP contribution in [0.15, 0.2) is 176 Å². The summed E-state index contributed by atoms with van der Waals surface area (Å²) in [6.45, 7) is 4.50. The molecule has 2 heterocycles. The monoisotopic (exact) mass is 753 g/mol. The van der Waals surface area contributed by atoms with Gasteiger partial charge in [0.1, 0.15) is 0 Å². The normalized spacial score (nSPS) is 12.3. The second kappa shape index (κ2) is 14.2. The molecule has 9 aromatic rings. The van der Waals surface area contributed by atoms with Crippen molar-refractivity contribution >= 4 is 10.8 Å². The SMILES string of the molecule is CC1(C)c2cc(-c3cc(-c4cccnc4)cc(-c4cc(-c5ccc(-c6ccccc6)cc5)nc(-c5ccccc5)n4)c3)ccc2-c2cc3cc(C#N)cc(C#N)c3cc21. The van der Waals surface area contributed by atoms with Gasteiger partial charge in [-0.15, -0.1) is 0 Å². The van der Waals surface area contributed by atoms with Crippen LogP contribution < -0.4 is 0 Å². The van der Waals surface area contributed by atoms with Crippen molar-refractivity contribution in [1.82, 2.24) is 15.0 Å². The van der Waals surface area contributed by atoms with Gasteiger partial charge in [0.15, 0.2) is 5.82 Å². The van der Waals surface area contributed by atoms with Crippen LogP contribution in [0.3, 0.4) is 0 Å². The van der Waals surface area contributed by atoms with E-state index in [1.165, 1.54) is 16.7 Å². The van der Waals surface area contributed by atoms with Crippen molar-refractivity contribution in [3.05, 3.63) is 198 Å². The zero-order valence-electron chi connectivity index (χ0n) is 32.5. The van der Waals surface area contributed by atoms with E-state index in [1.54, 1.807) is 12.3 Å². The molecule has 0 spiro atoms. The first-order valence-electron chi connectivity index (χ1n) is 19.6. The zero-order valence-corrected chi connectivity index (χ0v) is 32.5. The highest BCUT2D eigenvalue weighted by atomic mass is 14.9. The van der Waals surface area contributed by atoms with E-state index in [9.17, 15) is 10.5 Å². The van der Waals surface area contributed by atoms with Gasteiger partial charge in [-0.3, -0.25) is 4.98 Å². The molecule has 59 heavy (non-hydrogen) atoms. The Morgan fingerprint density at radius 3 is 1.76 bits per heavy atom. The number of fused-ring (bicyclic) bond motifs is 4. The van der Waals surface area contributed by atoms with Crippen molar-refractivity contribution in [3.8, 4) is 90.5 Å². The number of nitriles is 2. The molecule has 0 atom stereocenters. The Morgan fingerprint density at radius 2 is 1.07 bits per heavy atom. The molecule has 10 rings (SSSR count). The van der Waals surface area contributed by atoms with Gasteiger partial charge in [0.25, 0.3) is 0 Å². The van der Waals surface area contributed by atoms with E-state index < -0.39 is 0 Å². The largest absolute Gasteiger partial charge is 0.264 e. The molecule has 0 N–H and O–H groups in total. The summed E-state index contributed by atoms with van der Waals surface area (Å²) in [6, 6.07) is 61.0. The predicted octanol–water partition coefficient (Wildman–Crippen LogP) is 13.1. The fourth-order valence-corrected chi connectivity index (χ4v) is 8.50. The van der Waals surface area contributed by atoms with Crippen LogP contribution >= 0.6 is 0 Å². The Labute approximate surface area is 343 Å². The lowest BCUT2D eigenvalue weighted by Crippen LogP contribution is -2.15. The molecule has 0 saturated heterocycles. The summed E-state index contributed by atoms with van der Waals surface area (Å²) >= 11 is 0. The first-order chi connectivity index (χ1) is 28.9. The van der Waals surface area contributed by atoms with Gasteiger partial charge < -0.3 is 0 Å². The summed E-state index contributed by atoms with van der Waals surface area (Å²) in [5.41, 5.74) is 16.4. The predicted molar refractivity (Wildman–Crippen MR) is 237 cm³/mol. The van der Waals surface area contributed by atoms with Gasteiger partial charge in [0, 0.05) is 40.1 Å². The van der Waals surface area contributed by atoms with E-state index in [4.69, 9.17) is 9.97 Å². The minimum absolute atomic E-state index is 0.332. The summed E-state index contributed by atoms with van der Waals surface area (Å²) in [4.78, 5) is 14.8. The molecule has 7 aromatic carbocycles. The molecule has 0 radical (unpaired) electrons. The quantitative estimate of drug-likeness (QED) is 0.169. The van der Waals surface area contributed by atoms with Crippen LogP contribution in [0.4, 0.5) is 0 Å². The van der Waals surface area contributed by atoms with Crippen LogP contribution in [0.5, 0.6) is 0 Å². The molecule has 0 unspecified atom stereocenters. The standard InChI is InChI=1S/C54H35N5/c1-54(2)49-28-39(19-20-46(49)48-27-43-22-34(31-55)23-45(32-56)47(43)29-50(48)54)41-24-42(40-14-9-21-57-33-40)26-44(25-41)52-30-51(58-53(59-52)38-12-7-4-8-13-38)37-17-15-36(16-18-37)35-10-5-3-6-11-35/h3-30,33H,1-2H3. The fraction of sp³-hybridized carbons (Fsp3) is 0.0556. The first kappa shape index (κ1) is 35.4. The molecule has 0 aliphatic heterocycles. The molecule has 1 aliphatic carbocycles. The number of nitrogens with zero attached hydrogens (tertiary/aromatic N) is 5. The summed E-state index contributed by atoms with van der Waals surface area (Å²) < 4.78 is 0. The van der Waals surface area contributed by atoms with E-state index in [-0.39, 0.29) is 5.41 Å². The van der Waals surface area contributed by atoms with Crippen LogP contribution in [-0.4, -0.2) is 15.0 Å². The van der Waals surface area contributed by atoms with Crippen LogP contribution in [-0.2, 0) is 5.41 Å². The Bertz CT molecular complexity index is 3180. The van der Waals surface area contributed by atoms with Crippen molar-refractivity contribution in [2.75, 3.05) is 0 Å². The molecule has 276 valence electrons. The maximum absolute atomic E-state index is 10.0. The van der Waals surface area contributed by atoms with Gasteiger partial charge in [-0.1, -0.05) is 117 Å². The topological polar surface area (TPSA) is 86.2 Å². The second-order valence-corrected chi connectivity index (χ2v) is 15.6. The maximum atomic E-state index is 10.0. The van der Waals surface area contributed by atoms with Crippen molar-refractivity contribution in [2.24, 2.45) is 0 Å². The molecule has 2 aromatic heterocycles. The third-order valence-corrected chi connectivity index (χ3v) is 11.6. The fourth-order valence-electron chi connectivity index (χ4n) is 8.50.